The number of ether oxygens (including phenoxy) is 2. The summed E-state index contributed by atoms with van der Waals surface area (Å²) in [5.74, 6) is 0.611. The first-order valence-corrected chi connectivity index (χ1v) is 12.1. The van der Waals surface area contributed by atoms with E-state index in [4.69, 9.17) is 15.2 Å². The Morgan fingerprint density at radius 2 is 1.97 bits per heavy atom. The molecule has 176 valence electrons. The third kappa shape index (κ3) is 4.56. The van der Waals surface area contributed by atoms with Gasteiger partial charge in [-0.15, -0.1) is 0 Å². The zero-order valence-corrected chi connectivity index (χ0v) is 19.7. The van der Waals surface area contributed by atoms with Crippen molar-refractivity contribution in [1.29, 1.82) is 0 Å². The molecule has 1 aliphatic carbocycles. The molecule has 34 heavy (non-hydrogen) atoms. The van der Waals surface area contributed by atoms with Crippen LogP contribution in [-0.4, -0.2) is 54.0 Å². The second-order valence-corrected chi connectivity index (χ2v) is 9.45. The first kappa shape index (κ1) is 22.2. The Kier molecular flexibility index (Phi) is 6.10. The van der Waals surface area contributed by atoms with E-state index in [1.165, 1.54) is 11.3 Å². The third-order valence-corrected chi connectivity index (χ3v) is 6.76. The van der Waals surface area contributed by atoms with E-state index in [1.54, 1.807) is 23.1 Å². The molecule has 8 nitrogen and oxygen atoms in total. The van der Waals surface area contributed by atoms with E-state index in [-0.39, 0.29) is 17.9 Å². The monoisotopic (exact) mass is 478 g/mol. The molecular weight excluding hydrogens is 452 g/mol. The van der Waals surface area contributed by atoms with Gasteiger partial charge >= 0.3 is 0 Å². The van der Waals surface area contributed by atoms with Crippen LogP contribution in [0.4, 0.5) is 5.13 Å². The molecular formula is C25H26N4O4S. The number of benzene rings is 2. The topological polar surface area (TPSA) is 107 Å². The summed E-state index contributed by atoms with van der Waals surface area (Å²) in [7, 11) is 0. The van der Waals surface area contributed by atoms with Gasteiger partial charge in [0, 0.05) is 19.1 Å². The van der Waals surface area contributed by atoms with Gasteiger partial charge in [0.25, 0.3) is 11.8 Å². The highest BCUT2D eigenvalue weighted by Crippen LogP contribution is 2.36. The Morgan fingerprint density at radius 1 is 1.18 bits per heavy atom. The number of anilines is 1. The van der Waals surface area contributed by atoms with Crippen molar-refractivity contribution in [3.05, 3.63) is 59.3 Å². The molecule has 9 heteroatoms. The first-order chi connectivity index (χ1) is 16.5. The molecule has 3 N–H and O–H groups in total. The van der Waals surface area contributed by atoms with Gasteiger partial charge in [-0.2, -0.15) is 0 Å². The van der Waals surface area contributed by atoms with Crippen LogP contribution in [0.15, 0.2) is 42.5 Å². The van der Waals surface area contributed by atoms with Crippen molar-refractivity contribution in [3.8, 4) is 21.9 Å². The number of nitrogen functional groups attached to an aromatic ring is 1. The minimum Gasteiger partial charge on any atom is -0.486 e. The van der Waals surface area contributed by atoms with E-state index < -0.39 is 0 Å². The van der Waals surface area contributed by atoms with Crippen LogP contribution >= 0.6 is 11.3 Å². The summed E-state index contributed by atoms with van der Waals surface area (Å²) in [4.78, 5) is 33.3. The smallest absolute Gasteiger partial charge is 0.274 e. The molecule has 2 amide bonds. The lowest BCUT2D eigenvalue weighted by Gasteiger charge is -2.23. The lowest BCUT2D eigenvalue weighted by atomic mass is 10.1. The Morgan fingerprint density at radius 3 is 2.76 bits per heavy atom. The van der Waals surface area contributed by atoms with Crippen LogP contribution in [0.3, 0.4) is 0 Å². The predicted octanol–water partition coefficient (Wildman–Crippen LogP) is 3.51. The Hall–Kier alpha value is -3.59. The summed E-state index contributed by atoms with van der Waals surface area (Å²) in [6, 6.07) is 13.4. The summed E-state index contributed by atoms with van der Waals surface area (Å²) in [6.07, 6.45) is 1.88. The molecule has 2 aliphatic rings. The molecule has 1 fully saturated rings. The number of hydrogen-bond donors (Lipinski definition) is 2. The fourth-order valence-corrected chi connectivity index (χ4v) is 4.89. The Balaban J connectivity index is 1.30. The number of thiazole rings is 1. The molecule has 3 aromatic rings. The molecule has 0 bridgehead atoms. The number of nitrogens with two attached hydrogens (primary N) is 1. The zero-order valence-electron chi connectivity index (χ0n) is 18.9. The summed E-state index contributed by atoms with van der Waals surface area (Å²) >= 11 is 1.32. The van der Waals surface area contributed by atoms with E-state index >= 15 is 0 Å². The molecule has 0 radical (unpaired) electrons. The lowest BCUT2D eigenvalue weighted by molar-refractivity contribution is 0.0731. The van der Waals surface area contributed by atoms with E-state index in [9.17, 15) is 9.59 Å². The highest BCUT2D eigenvalue weighted by Gasteiger charge is 2.35. The van der Waals surface area contributed by atoms with Crippen LogP contribution in [-0.2, 0) is 0 Å². The van der Waals surface area contributed by atoms with Gasteiger partial charge in [0.15, 0.2) is 16.6 Å². The van der Waals surface area contributed by atoms with Crippen LogP contribution in [0.5, 0.6) is 11.5 Å². The summed E-state index contributed by atoms with van der Waals surface area (Å²) in [5.41, 5.74) is 8.83. The number of fused-ring (bicyclic) bond motifs is 1. The lowest BCUT2D eigenvalue weighted by Crippen LogP contribution is -2.40. The molecule has 0 atom stereocenters. The number of hydrogen-bond acceptors (Lipinski definition) is 7. The van der Waals surface area contributed by atoms with Crippen molar-refractivity contribution >= 4 is 28.3 Å². The number of para-hydroxylation sites is 1. The maximum atomic E-state index is 13.5. The average molecular weight is 479 g/mol. The highest BCUT2D eigenvalue weighted by molar-refractivity contribution is 7.19. The number of carbonyl (C=O) groups is 2. The fraction of sp³-hybridized carbons (Fsp3) is 0.320. The third-order valence-electron chi connectivity index (χ3n) is 5.82. The molecule has 1 aliphatic heterocycles. The maximum Gasteiger partial charge on any atom is 0.274 e. The maximum absolute atomic E-state index is 13.5. The van der Waals surface area contributed by atoms with Crippen LogP contribution in [0.2, 0.25) is 0 Å². The SMILES string of the molecule is Cc1cccc(-c2sc(N)nc2C(=O)N(CCNC(=O)c2cccc3c2OCCO3)C2CC2)c1. The number of nitrogens with one attached hydrogen (secondary N) is 1. The van der Waals surface area contributed by atoms with Crippen LogP contribution in [0.25, 0.3) is 10.4 Å². The van der Waals surface area contributed by atoms with Crippen LogP contribution in [0, 0.1) is 6.92 Å². The summed E-state index contributed by atoms with van der Waals surface area (Å²) in [6.45, 7) is 3.57. The molecule has 1 saturated carbocycles. The summed E-state index contributed by atoms with van der Waals surface area (Å²) in [5, 5.41) is 3.28. The largest absolute Gasteiger partial charge is 0.486 e. The molecule has 1 aromatic heterocycles. The van der Waals surface area contributed by atoms with E-state index in [0.29, 0.717) is 54.2 Å². The molecule has 0 unspecified atom stereocenters. The molecule has 0 saturated heterocycles. The van der Waals surface area contributed by atoms with E-state index in [0.717, 1.165) is 28.8 Å². The van der Waals surface area contributed by atoms with Gasteiger partial charge in [-0.25, -0.2) is 4.98 Å². The second-order valence-electron chi connectivity index (χ2n) is 8.41. The molecule has 5 rings (SSSR count). The number of aromatic nitrogens is 1. The average Bonchev–Trinajstić information content (AvgIpc) is 3.61. The van der Waals surface area contributed by atoms with Crippen LogP contribution in [0.1, 0.15) is 39.3 Å². The van der Waals surface area contributed by atoms with Crippen molar-refractivity contribution in [2.45, 2.75) is 25.8 Å². The standard InChI is InChI=1S/C25H26N4O4S/c1-15-4-2-5-16(14-15)22-20(28-25(26)34-22)24(31)29(17-8-9-17)11-10-27-23(30)18-6-3-7-19-21(18)33-13-12-32-19/h2-7,14,17H,8-13H2,1H3,(H2,26,28)(H,27,30). The predicted molar refractivity (Wildman–Crippen MR) is 131 cm³/mol. The van der Waals surface area contributed by atoms with Gasteiger partial charge in [-0.3, -0.25) is 9.59 Å². The minimum atomic E-state index is -0.260. The van der Waals surface area contributed by atoms with E-state index in [2.05, 4.69) is 10.3 Å². The molecule has 0 spiro atoms. The van der Waals surface area contributed by atoms with Gasteiger partial charge in [0.2, 0.25) is 0 Å². The first-order valence-electron chi connectivity index (χ1n) is 11.3. The minimum absolute atomic E-state index is 0.152. The highest BCUT2D eigenvalue weighted by atomic mass is 32.1. The van der Waals surface area contributed by atoms with Crippen molar-refractivity contribution in [1.82, 2.24) is 15.2 Å². The van der Waals surface area contributed by atoms with Gasteiger partial charge in [0.1, 0.15) is 18.9 Å². The Bertz CT molecular complexity index is 1240. The molecule has 2 aromatic carbocycles. The van der Waals surface area contributed by atoms with Crippen molar-refractivity contribution in [2.24, 2.45) is 0 Å². The van der Waals surface area contributed by atoms with Crippen molar-refractivity contribution in [3.63, 3.8) is 0 Å². The number of amides is 2. The van der Waals surface area contributed by atoms with Gasteiger partial charge in [-0.1, -0.05) is 47.2 Å². The number of nitrogens with zero attached hydrogens (tertiary/aromatic N) is 2. The quantitative estimate of drug-likeness (QED) is 0.538. The number of carbonyl (C=O) groups excluding carboxylic acids is 2. The van der Waals surface area contributed by atoms with Gasteiger partial charge in [0.05, 0.1) is 10.4 Å². The van der Waals surface area contributed by atoms with Crippen LogP contribution < -0.4 is 20.5 Å². The fourth-order valence-electron chi connectivity index (χ4n) is 4.07. The van der Waals surface area contributed by atoms with Crippen molar-refractivity contribution in [2.75, 3.05) is 32.0 Å². The second kappa shape index (κ2) is 9.34. The zero-order chi connectivity index (χ0) is 23.7. The molecule has 2 heterocycles. The summed E-state index contributed by atoms with van der Waals surface area (Å²) < 4.78 is 11.2. The van der Waals surface area contributed by atoms with E-state index in [1.807, 2.05) is 31.2 Å². The van der Waals surface area contributed by atoms with Crippen molar-refractivity contribution < 1.29 is 19.1 Å². The normalized spacial score (nSPS) is 14.5. The number of aryl methyl sites for hydroxylation is 1. The number of rotatable bonds is 7. The van der Waals surface area contributed by atoms with Gasteiger partial charge in [-0.05, 0) is 37.5 Å². The van der Waals surface area contributed by atoms with Gasteiger partial charge < -0.3 is 25.4 Å². The Labute approximate surface area is 201 Å².